The molecule has 2 aromatic carbocycles. The van der Waals surface area contributed by atoms with E-state index in [0.29, 0.717) is 16.3 Å². The molecule has 1 aromatic heterocycles. The van der Waals surface area contributed by atoms with E-state index in [-0.39, 0.29) is 18.0 Å². The van der Waals surface area contributed by atoms with Gasteiger partial charge in [0.1, 0.15) is 24.0 Å². The van der Waals surface area contributed by atoms with Gasteiger partial charge in [-0.05, 0) is 26.0 Å². The summed E-state index contributed by atoms with van der Waals surface area (Å²) in [7, 11) is 0. The summed E-state index contributed by atoms with van der Waals surface area (Å²) in [4.78, 5) is 13.2. The number of aromatic nitrogens is 3. The first-order valence-corrected chi connectivity index (χ1v) is 10.7. The Hall–Kier alpha value is -2.62. The van der Waals surface area contributed by atoms with Crippen molar-refractivity contribution in [1.29, 1.82) is 0 Å². The SMILES string of the molecule is CC1(C)O[C@H]2O[C@H](Cn3nnc(C(=O)c4ccccc4)c3-c3ccc(Cl)cc3)[C@H](O)[C@H]2O1. The van der Waals surface area contributed by atoms with Crippen LogP contribution in [0.15, 0.2) is 54.6 Å². The summed E-state index contributed by atoms with van der Waals surface area (Å²) in [6, 6.07) is 16.0. The molecule has 5 rings (SSSR count). The van der Waals surface area contributed by atoms with Gasteiger partial charge in [0.05, 0.1) is 6.54 Å². The summed E-state index contributed by atoms with van der Waals surface area (Å²) in [5.74, 6) is -1.07. The number of hydrogen-bond acceptors (Lipinski definition) is 7. The topological polar surface area (TPSA) is 95.7 Å². The second-order valence-corrected chi connectivity index (χ2v) is 8.74. The molecular weight excluding hydrogens is 434 g/mol. The van der Waals surface area contributed by atoms with E-state index in [9.17, 15) is 9.90 Å². The van der Waals surface area contributed by atoms with Gasteiger partial charge in [-0.1, -0.05) is 59.3 Å². The van der Waals surface area contributed by atoms with Crippen molar-refractivity contribution in [3.63, 3.8) is 0 Å². The van der Waals surface area contributed by atoms with Crippen LogP contribution in [0, 0.1) is 0 Å². The Morgan fingerprint density at radius 3 is 2.53 bits per heavy atom. The lowest BCUT2D eigenvalue weighted by Gasteiger charge is -2.23. The predicted molar refractivity (Wildman–Crippen MR) is 115 cm³/mol. The van der Waals surface area contributed by atoms with Crippen molar-refractivity contribution in [3.05, 3.63) is 70.9 Å². The van der Waals surface area contributed by atoms with Crippen LogP contribution in [0.4, 0.5) is 0 Å². The third kappa shape index (κ3) is 3.85. The summed E-state index contributed by atoms with van der Waals surface area (Å²) in [6.07, 6.45) is -2.83. The van der Waals surface area contributed by atoms with Crippen LogP contribution in [0.5, 0.6) is 0 Å². The number of nitrogens with zero attached hydrogens (tertiary/aromatic N) is 3. The fraction of sp³-hybridized carbons (Fsp3) is 0.348. The first kappa shape index (κ1) is 21.2. The Balaban J connectivity index is 1.48. The van der Waals surface area contributed by atoms with Crippen LogP contribution in [0.1, 0.15) is 29.9 Å². The molecule has 2 fully saturated rings. The summed E-state index contributed by atoms with van der Waals surface area (Å²) >= 11 is 6.06. The molecule has 3 aromatic rings. The van der Waals surface area contributed by atoms with Crippen molar-refractivity contribution >= 4 is 17.4 Å². The molecule has 0 spiro atoms. The number of halogens is 1. The first-order chi connectivity index (χ1) is 15.3. The summed E-state index contributed by atoms with van der Waals surface area (Å²) in [6.45, 7) is 3.70. The van der Waals surface area contributed by atoms with Crippen LogP contribution in [0.2, 0.25) is 5.02 Å². The zero-order valence-corrected chi connectivity index (χ0v) is 18.3. The Bertz CT molecular complexity index is 1130. The summed E-state index contributed by atoms with van der Waals surface area (Å²) in [5, 5.41) is 19.7. The summed E-state index contributed by atoms with van der Waals surface area (Å²) in [5.41, 5.74) is 1.95. The molecule has 0 saturated carbocycles. The van der Waals surface area contributed by atoms with Crippen LogP contribution in [0.3, 0.4) is 0 Å². The number of aliphatic hydroxyl groups is 1. The van der Waals surface area contributed by atoms with Crippen LogP contribution >= 0.6 is 11.6 Å². The maximum Gasteiger partial charge on any atom is 0.215 e. The molecule has 0 aliphatic carbocycles. The van der Waals surface area contributed by atoms with Crippen molar-refractivity contribution in [2.24, 2.45) is 0 Å². The van der Waals surface area contributed by atoms with Crippen LogP contribution in [-0.2, 0) is 20.8 Å². The van der Waals surface area contributed by atoms with Gasteiger partial charge in [-0.15, -0.1) is 5.10 Å². The number of benzene rings is 2. The van der Waals surface area contributed by atoms with Gasteiger partial charge in [-0.3, -0.25) is 4.79 Å². The predicted octanol–water partition coefficient (Wildman–Crippen LogP) is 3.07. The average molecular weight is 456 g/mol. The fourth-order valence-corrected chi connectivity index (χ4v) is 4.22. The molecule has 2 saturated heterocycles. The van der Waals surface area contributed by atoms with Crippen molar-refractivity contribution < 1.29 is 24.1 Å². The molecule has 4 atom stereocenters. The number of carbonyl (C=O) groups excluding carboxylic acids is 1. The van der Waals surface area contributed by atoms with Crippen LogP contribution < -0.4 is 0 Å². The molecule has 9 heteroatoms. The minimum Gasteiger partial charge on any atom is -0.387 e. The Kier molecular flexibility index (Phi) is 5.35. The molecule has 32 heavy (non-hydrogen) atoms. The van der Waals surface area contributed by atoms with Gasteiger partial charge in [-0.2, -0.15) is 0 Å². The minimum atomic E-state index is -0.919. The highest BCUT2D eigenvalue weighted by molar-refractivity contribution is 6.30. The van der Waals surface area contributed by atoms with Crippen LogP contribution in [0.25, 0.3) is 11.3 Å². The number of ether oxygens (including phenoxy) is 3. The highest BCUT2D eigenvalue weighted by Crippen LogP contribution is 2.38. The van der Waals surface area contributed by atoms with Crippen molar-refractivity contribution in [2.45, 2.75) is 50.8 Å². The average Bonchev–Trinajstić information content (AvgIpc) is 3.41. The lowest BCUT2D eigenvalue weighted by Crippen LogP contribution is -2.36. The normalized spacial score (nSPS) is 26.2. The number of rotatable bonds is 5. The van der Waals surface area contributed by atoms with Crippen molar-refractivity contribution in [3.8, 4) is 11.3 Å². The lowest BCUT2D eigenvalue weighted by atomic mass is 10.0. The molecular formula is C23H22ClN3O5. The van der Waals surface area contributed by atoms with Crippen molar-refractivity contribution in [2.75, 3.05) is 0 Å². The molecule has 166 valence electrons. The van der Waals surface area contributed by atoms with E-state index < -0.39 is 30.4 Å². The third-order valence-corrected chi connectivity index (χ3v) is 5.82. The number of hydrogen-bond donors (Lipinski definition) is 1. The van der Waals surface area contributed by atoms with Gasteiger partial charge in [0, 0.05) is 16.1 Å². The first-order valence-electron chi connectivity index (χ1n) is 10.3. The number of fused-ring (bicyclic) bond motifs is 1. The third-order valence-electron chi connectivity index (χ3n) is 5.57. The molecule has 0 unspecified atom stereocenters. The van der Waals surface area contributed by atoms with E-state index in [2.05, 4.69) is 10.3 Å². The standard InChI is InChI=1S/C23H22ClN3O5/c1-23(2)31-21-20(29)16(30-22(21)32-23)12-27-18(13-8-10-15(24)11-9-13)17(25-26-27)19(28)14-6-4-3-5-7-14/h3-11,16,20-22,29H,12H2,1-2H3/t16-,20+,21-,22-/m1/s1. The minimum absolute atomic E-state index is 0.161. The maximum atomic E-state index is 13.2. The molecule has 2 aliphatic heterocycles. The smallest absolute Gasteiger partial charge is 0.215 e. The van der Waals surface area contributed by atoms with Crippen LogP contribution in [-0.4, -0.2) is 56.3 Å². The van der Waals surface area contributed by atoms with Gasteiger partial charge in [-0.25, -0.2) is 4.68 Å². The van der Waals surface area contributed by atoms with Gasteiger partial charge >= 0.3 is 0 Å². The van der Waals surface area contributed by atoms with E-state index >= 15 is 0 Å². The summed E-state index contributed by atoms with van der Waals surface area (Å²) < 4.78 is 19.0. The van der Waals surface area contributed by atoms with Gasteiger partial charge < -0.3 is 19.3 Å². The fourth-order valence-electron chi connectivity index (χ4n) is 4.09. The van der Waals surface area contributed by atoms with E-state index in [4.69, 9.17) is 25.8 Å². The van der Waals surface area contributed by atoms with E-state index in [1.54, 1.807) is 67.1 Å². The molecule has 2 aliphatic rings. The second kappa shape index (κ2) is 8.06. The monoisotopic (exact) mass is 455 g/mol. The molecule has 0 amide bonds. The van der Waals surface area contributed by atoms with E-state index in [0.717, 1.165) is 5.56 Å². The molecule has 3 heterocycles. The van der Waals surface area contributed by atoms with Gasteiger partial charge in [0.15, 0.2) is 17.8 Å². The second-order valence-electron chi connectivity index (χ2n) is 8.30. The van der Waals surface area contributed by atoms with Gasteiger partial charge in [0.2, 0.25) is 5.78 Å². The molecule has 1 N–H and O–H groups in total. The maximum absolute atomic E-state index is 13.2. The van der Waals surface area contributed by atoms with Crippen molar-refractivity contribution in [1.82, 2.24) is 15.0 Å². The molecule has 8 nitrogen and oxygen atoms in total. The number of ketones is 1. The largest absolute Gasteiger partial charge is 0.387 e. The zero-order valence-electron chi connectivity index (χ0n) is 17.5. The number of aliphatic hydroxyl groups excluding tert-OH is 1. The van der Waals surface area contributed by atoms with E-state index in [1.807, 2.05) is 6.07 Å². The quantitative estimate of drug-likeness (QED) is 0.590. The zero-order chi connectivity index (χ0) is 22.5. The Morgan fingerprint density at radius 2 is 1.84 bits per heavy atom. The highest BCUT2D eigenvalue weighted by atomic mass is 35.5. The van der Waals surface area contributed by atoms with Gasteiger partial charge in [0.25, 0.3) is 0 Å². The Morgan fingerprint density at radius 1 is 1.12 bits per heavy atom. The lowest BCUT2D eigenvalue weighted by molar-refractivity contribution is -0.216. The Labute approximate surface area is 189 Å². The highest BCUT2D eigenvalue weighted by Gasteiger charge is 2.54. The molecule has 0 radical (unpaired) electrons. The van der Waals surface area contributed by atoms with E-state index in [1.165, 1.54) is 0 Å². The molecule has 0 bridgehead atoms. The number of carbonyl (C=O) groups is 1.